The molecule has 0 heterocycles. The van der Waals surface area contributed by atoms with Crippen molar-refractivity contribution in [2.75, 3.05) is 0 Å². The summed E-state index contributed by atoms with van der Waals surface area (Å²) < 4.78 is 0. The second-order valence-corrected chi connectivity index (χ2v) is 8.18. The van der Waals surface area contributed by atoms with Gasteiger partial charge in [-0.3, -0.25) is 0 Å². The lowest BCUT2D eigenvalue weighted by Crippen LogP contribution is -2.21. The summed E-state index contributed by atoms with van der Waals surface area (Å²) in [7, 11) is 0. The lowest BCUT2D eigenvalue weighted by molar-refractivity contribution is 0.561. The Hall–Kier alpha value is -0.780. The Morgan fingerprint density at radius 1 is 0.750 bits per heavy atom. The van der Waals surface area contributed by atoms with Gasteiger partial charge in [-0.25, -0.2) is 0 Å². The fourth-order valence-corrected chi connectivity index (χ4v) is 3.46. The van der Waals surface area contributed by atoms with Gasteiger partial charge in [0.15, 0.2) is 0 Å². The van der Waals surface area contributed by atoms with Gasteiger partial charge >= 0.3 is 0 Å². The second-order valence-electron chi connectivity index (χ2n) is 8.18. The van der Waals surface area contributed by atoms with Crippen molar-refractivity contribution in [2.24, 2.45) is 0 Å². The zero-order chi connectivity index (χ0) is 15.8. The van der Waals surface area contributed by atoms with Crippen molar-refractivity contribution < 1.29 is 0 Å². The topological polar surface area (TPSA) is 0 Å². The summed E-state index contributed by atoms with van der Waals surface area (Å²) >= 11 is 0. The van der Waals surface area contributed by atoms with Crippen molar-refractivity contribution >= 4 is 0 Å². The quantitative estimate of drug-likeness (QED) is 0.578. The van der Waals surface area contributed by atoms with Crippen molar-refractivity contribution in [3.05, 3.63) is 33.9 Å². The molecule has 0 aliphatic rings. The Labute approximate surface area is 127 Å². The van der Waals surface area contributed by atoms with E-state index in [2.05, 4.69) is 75.3 Å². The van der Waals surface area contributed by atoms with Crippen molar-refractivity contribution in [2.45, 2.75) is 92.4 Å². The van der Waals surface area contributed by atoms with E-state index in [1.165, 1.54) is 11.1 Å². The average Bonchev–Trinajstić information content (AvgIpc) is 2.25. The van der Waals surface area contributed by atoms with Gasteiger partial charge in [-0.1, -0.05) is 68.4 Å². The van der Waals surface area contributed by atoms with Crippen LogP contribution in [0.15, 0.2) is 6.07 Å². The van der Waals surface area contributed by atoms with E-state index >= 15 is 0 Å². The van der Waals surface area contributed by atoms with Crippen LogP contribution in [0.1, 0.15) is 108 Å². The van der Waals surface area contributed by atoms with Crippen LogP contribution in [-0.4, -0.2) is 0 Å². The molecule has 0 aromatic heterocycles. The van der Waals surface area contributed by atoms with Crippen LogP contribution in [0.5, 0.6) is 0 Å². The molecule has 0 fully saturated rings. The summed E-state index contributed by atoms with van der Waals surface area (Å²) in [6.45, 7) is 23.3. The van der Waals surface area contributed by atoms with Crippen molar-refractivity contribution in [3.63, 3.8) is 0 Å². The highest BCUT2D eigenvalue weighted by Gasteiger charge is 2.27. The first-order valence-corrected chi connectivity index (χ1v) is 8.16. The van der Waals surface area contributed by atoms with E-state index in [1.807, 2.05) is 0 Å². The van der Waals surface area contributed by atoms with Crippen LogP contribution < -0.4 is 0 Å². The van der Waals surface area contributed by atoms with Crippen molar-refractivity contribution in [1.82, 2.24) is 0 Å². The third-order valence-electron chi connectivity index (χ3n) is 4.28. The number of rotatable bonds is 3. The Bertz CT molecular complexity index is 468. The van der Waals surface area contributed by atoms with Gasteiger partial charge in [0.2, 0.25) is 0 Å². The van der Waals surface area contributed by atoms with Gasteiger partial charge in [0.05, 0.1) is 0 Å². The molecule has 1 aromatic rings. The van der Waals surface area contributed by atoms with Crippen LogP contribution in [0.25, 0.3) is 0 Å². The Morgan fingerprint density at radius 2 is 1.20 bits per heavy atom. The van der Waals surface area contributed by atoms with E-state index in [0.29, 0.717) is 17.8 Å². The van der Waals surface area contributed by atoms with E-state index in [0.717, 1.165) is 0 Å². The largest absolute Gasteiger partial charge is 0.0587 e. The van der Waals surface area contributed by atoms with Crippen LogP contribution >= 0.6 is 0 Å². The van der Waals surface area contributed by atoms with E-state index in [-0.39, 0.29) is 5.41 Å². The highest BCUT2D eigenvalue weighted by atomic mass is 14.3. The maximum Gasteiger partial charge on any atom is -0.0126 e. The summed E-state index contributed by atoms with van der Waals surface area (Å²) in [5.41, 5.74) is 7.99. The molecule has 0 nitrogen and oxygen atoms in total. The smallest absolute Gasteiger partial charge is 0.0126 e. The van der Waals surface area contributed by atoms with Crippen LogP contribution in [-0.2, 0) is 5.41 Å². The maximum absolute atomic E-state index is 2.48. The number of hydrogen-bond acceptors (Lipinski definition) is 0. The predicted octanol–water partition coefficient (Wildman–Crippen LogP) is 6.66. The molecule has 1 aromatic carbocycles. The summed E-state index contributed by atoms with van der Waals surface area (Å²) in [6.07, 6.45) is 0. The summed E-state index contributed by atoms with van der Waals surface area (Å²) in [6, 6.07) is 2.48. The molecule has 0 saturated heterocycles. The van der Waals surface area contributed by atoms with Gasteiger partial charge in [-0.2, -0.15) is 0 Å². The minimum atomic E-state index is 0.208. The third-order valence-corrected chi connectivity index (χ3v) is 4.28. The normalized spacial score (nSPS) is 12.8. The molecular weight excluding hydrogens is 240 g/mol. The molecule has 20 heavy (non-hydrogen) atoms. The third kappa shape index (κ3) is 3.27. The first-order valence-electron chi connectivity index (χ1n) is 8.16. The standard InChI is InChI=1S/C20H34/c1-12(2)16-11-17(13(3)4)19(20(8,9)10)18(14(5)6)15(16)7/h11-14H,1-10H3. The molecule has 114 valence electrons. The molecule has 0 aliphatic heterocycles. The van der Waals surface area contributed by atoms with E-state index in [4.69, 9.17) is 0 Å². The predicted molar refractivity (Wildman–Crippen MR) is 92.1 cm³/mol. The molecular formula is C20H34. The molecule has 1 rings (SSSR count). The van der Waals surface area contributed by atoms with Crippen molar-refractivity contribution in [1.29, 1.82) is 0 Å². The van der Waals surface area contributed by atoms with E-state index in [9.17, 15) is 0 Å². The minimum absolute atomic E-state index is 0.208. The lowest BCUT2D eigenvalue weighted by Gasteiger charge is -2.33. The van der Waals surface area contributed by atoms with E-state index < -0.39 is 0 Å². The first kappa shape index (κ1) is 17.3. The molecule has 0 atom stereocenters. The van der Waals surface area contributed by atoms with Crippen LogP contribution in [0, 0.1) is 6.92 Å². The summed E-state index contributed by atoms with van der Waals surface area (Å²) in [5, 5.41) is 0. The van der Waals surface area contributed by atoms with E-state index in [1.54, 1.807) is 16.7 Å². The van der Waals surface area contributed by atoms with Gasteiger partial charge in [0, 0.05) is 0 Å². The summed E-state index contributed by atoms with van der Waals surface area (Å²) in [5.74, 6) is 1.76. The first-order chi connectivity index (χ1) is 8.98. The van der Waals surface area contributed by atoms with Gasteiger partial charge in [0.25, 0.3) is 0 Å². The molecule has 0 unspecified atom stereocenters. The highest BCUT2D eigenvalue weighted by molar-refractivity contribution is 5.52. The maximum atomic E-state index is 2.48. The zero-order valence-electron chi connectivity index (χ0n) is 15.3. The molecule has 0 spiro atoms. The van der Waals surface area contributed by atoms with Crippen LogP contribution in [0.3, 0.4) is 0 Å². The molecule has 0 heteroatoms. The molecule has 0 aliphatic carbocycles. The minimum Gasteiger partial charge on any atom is -0.0587 e. The van der Waals surface area contributed by atoms with Gasteiger partial charge < -0.3 is 0 Å². The fraction of sp³-hybridized carbons (Fsp3) is 0.700. The van der Waals surface area contributed by atoms with Crippen LogP contribution in [0.2, 0.25) is 0 Å². The Balaban J connectivity index is 3.84. The molecule has 0 amide bonds. The number of benzene rings is 1. The lowest BCUT2D eigenvalue weighted by atomic mass is 9.72. The van der Waals surface area contributed by atoms with Crippen LogP contribution in [0.4, 0.5) is 0 Å². The highest BCUT2D eigenvalue weighted by Crippen LogP contribution is 2.41. The monoisotopic (exact) mass is 274 g/mol. The zero-order valence-corrected chi connectivity index (χ0v) is 15.3. The average molecular weight is 274 g/mol. The number of hydrogen-bond donors (Lipinski definition) is 0. The Kier molecular flexibility index (Phi) is 5.11. The van der Waals surface area contributed by atoms with Gasteiger partial charge in [0.1, 0.15) is 0 Å². The molecule has 0 bridgehead atoms. The second kappa shape index (κ2) is 5.92. The Morgan fingerprint density at radius 3 is 1.50 bits per heavy atom. The molecule has 0 saturated carbocycles. The van der Waals surface area contributed by atoms with Gasteiger partial charge in [-0.15, -0.1) is 0 Å². The SMILES string of the molecule is Cc1c(C(C)C)cc(C(C)C)c(C(C)(C)C)c1C(C)C. The fourth-order valence-electron chi connectivity index (χ4n) is 3.46. The van der Waals surface area contributed by atoms with Crippen molar-refractivity contribution in [3.8, 4) is 0 Å². The van der Waals surface area contributed by atoms with Gasteiger partial charge in [-0.05, 0) is 57.9 Å². The summed E-state index contributed by atoms with van der Waals surface area (Å²) in [4.78, 5) is 0. The molecule has 0 N–H and O–H groups in total. The molecule has 0 radical (unpaired) electrons.